The minimum atomic E-state index is -0.176. The summed E-state index contributed by atoms with van der Waals surface area (Å²) in [6, 6.07) is 6.68. The van der Waals surface area contributed by atoms with Crippen LogP contribution in [0.4, 0.5) is 4.39 Å². The molecule has 0 heterocycles. The third-order valence-electron chi connectivity index (χ3n) is 3.44. The second kappa shape index (κ2) is 7.44. The molecule has 0 saturated heterocycles. The average Bonchev–Trinajstić information content (AvgIpc) is 2.34. The van der Waals surface area contributed by atoms with Crippen LogP contribution in [0.3, 0.4) is 0 Å². The highest BCUT2D eigenvalue weighted by Crippen LogP contribution is 2.26. The van der Waals surface area contributed by atoms with Gasteiger partial charge in [-0.1, -0.05) is 57.7 Å². The van der Waals surface area contributed by atoms with E-state index in [-0.39, 0.29) is 11.9 Å². The summed E-state index contributed by atoms with van der Waals surface area (Å²) in [5.74, 6) is 0.440. The lowest BCUT2D eigenvalue weighted by atomic mass is 9.89. The van der Waals surface area contributed by atoms with Crippen LogP contribution < -0.4 is 5.73 Å². The number of halogens is 1. The van der Waals surface area contributed by atoms with Gasteiger partial charge in [0.1, 0.15) is 5.82 Å². The zero-order valence-electron chi connectivity index (χ0n) is 11.0. The first-order valence-electron chi connectivity index (χ1n) is 6.69. The van der Waals surface area contributed by atoms with Crippen LogP contribution in [0.5, 0.6) is 0 Å². The van der Waals surface area contributed by atoms with Gasteiger partial charge in [-0.25, -0.2) is 4.39 Å². The molecule has 17 heavy (non-hydrogen) atoms. The molecule has 0 amide bonds. The standard InChI is InChI=1S/C15H24FN/c1-3-5-8-12(4-2)11-15(17)13-9-6-7-10-14(13)16/h6-7,9-10,12,15H,3-5,8,11,17H2,1-2H3. The zero-order chi connectivity index (χ0) is 12.7. The average molecular weight is 237 g/mol. The van der Waals surface area contributed by atoms with Crippen LogP contribution in [0.2, 0.25) is 0 Å². The van der Waals surface area contributed by atoms with E-state index in [1.807, 2.05) is 6.07 Å². The van der Waals surface area contributed by atoms with Gasteiger partial charge in [0.2, 0.25) is 0 Å². The van der Waals surface area contributed by atoms with Gasteiger partial charge < -0.3 is 5.73 Å². The van der Waals surface area contributed by atoms with E-state index in [1.54, 1.807) is 12.1 Å². The predicted molar refractivity (Wildman–Crippen MR) is 71.3 cm³/mol. The van der Waals surface area contributed by atoms with Gasteiger partial charge in [0, 0.05) is 11.6 Å². The Morgan fingerprint density at radius 1 is 1.24 bits per heavy atom. The van der Waals surface area contributed by atoms with Crippen molar-refractivity contribution >= 4 is 0 Å². The van der Waals surface area contributed by atoms with Crippen molar-refractivity contribution in [2.45, 2.75) is 52.0 Å². The molecule has 2 N–H and O–H groups in total. The van der Waals surface area contributed by atoms with Crippen LogP contribution in [0.1, 0.15) is 57.6 Å². The van der Waals surface area contributed by atoms with E-state index in [2.05, 4.69) is 13.8 Å². The van der Waals surface area contributed by atoms with Gasteiger partial charge in [-0.2, -0.15) is 0 Å². The summed E-state index contributed by atoms with van der Waals surface area (Å²) in [7, 11) is 0. The Hall–Kier alpha value is -0.890. The van der Waals surface area contributed by atoms with Crippen LogP contribution in [0, 0.1) is 11.7 Å². The summed E-state index contributed by atoms with van der Waals surface area (Å²) >= 11 is 0. The number of nitrogens with two attached hydrogens (primary N) is 1. The molecule has 0 aliphatic carbocycles. The first kappa shape index (κ1) is 14.2. The molecule has 0 radical (unpaired) electrons. The molecule has 2 atom stereocenters. The van der Waals surface area contributed by atoms with Crippen LogP contribution >= 0.6 is 0 Å². The molecule has 96 valence electrons. The number of hydrogen-bond donors (Lipinski definition) is 1. The summed E-state index contributed by atoms with van der Waals surface area (Å²) in [6.07, 6.45) is 5.67. The van der Waals surface area contributed by atoms with Crippen molar-refractivity contribution in [3.63, 3.8) is 0 Å². The monoisotopic (exact) mass is 237 g/mol. The van der Waals surface area contributed by atoms with Crippen molar-refractivity contribution < 1.29 is 4.39 Å². The third-order valence-corrected chi connectivity index (χ3v) is 3.44. The number of hydrogen-bond acceptors (Lipinski definition) is 1. The predicted octanol–water partition coefficient (Wildman–Crippen LogP) is 4.43. The maximum absolute atomic E-state index is 13.6. The molecule has 1 rings (SSSR count). The first-order valence-corrected chi connectivity index (χ1v) is 6.69. The highest BCUT2D eigenvalue weighted by Gasteiger charge is 2.15. The van der Waals surface area contributed by atoms with Crippen molar-refractivity contribution in [2.24, 2.45) is 11.7 Å². The molecule has 0 fully saturated rings. The molecule has 0 aliphatic rings. The summed E-state index contributed by atoms with van der Waals surface area (Å²) in [6.45, 7) is 4.39. The molecule has 0 saturated carbocycles. The maximum atomic E-state index is 13.6. The van der Waals surface area contributed by atoms with Gasteiger partial charge >= 0.3 is 0 Å². The van der Waals surface area contributed by atoms with Gasteiger partial charge in [0.15, 0.2) is 0 Å². The SMILES string of the molecule is CCCCC(CC)CC(N)c1ccccc1F. The van der Waals surface area contributed by atoms with E-state index in [1.165, 1.54) is 25.3 Å². The fourth-order valence-electron chi connectivity index (χ4n) is 2.24. The summed E-state index contributed by atoms with van der Waals surface area (Å²) in [5, 5.41) is 0. The fraction of sp³-hybridized carbons (Fsp3) is 0.600. The molecule has 1 aromatic rings. The van der Waals surface area contributed by atoms with E-state index in [4.69, 9.17) is 5.73 Å². The summed E-state index contributed by atoms with van der Waals surface area (Å²) in [4.78, 5) is 0. The maximum Gasteiger partial charge on any atom is 0.127 e. The molecule has 0 aliphatic heterocycles. The minimum absolute atomic E-state index is 0.169. The van der Waals surface area contributed by atoms with E-state index in [0.717, 1.165) is 12.8 Å². The quantitative estimate of drug-likeness (QED) is 0.745. The first-order chi connectivity index (χ1) is 8.19. The Morgan fingerprint density at radius 3 is 2.53 bits per heavy atom. The largest absolute Gasteiger partial charge is 0.324 e. The third kappa shape index (κ3) is 4.47. The van der Waals surface area contributed by atoms with Crippen molar-refractivity contribution in [3.8, 4) is 0 Å². The Bertz CT molecular complexity index is 324. The molecular weight excluding hydrogens is 213 g/mol. The Balaban J connectivity index is 2.58. The molecule has 2 unspecified atom stereocenters. The van der Waals surface area contributed by atoms with Crippen molar-refractivity contribution in [3.05, 3.63) is 35.6 Å². The van der Waals surface area contributed by atoms with E-state index in [0.29, 0.717) is 11.5 Å². The molecular formula is C15H24FN. The number of unbranched alkanes of at least 4 members (excludes halogenated alkanes) is 1. The summed E-state index contributed by atoms with van der Waals surface area (Å²) < 4.78 is 13.6. The molecule has 1 aromatic carbocycles. The van der Waals surface area contributed by atoms with E-state index in [9.17, 15) is 4.39 Å². The van der Waals surface area contributed by atoms with Gasteiger partial charge in [-0.05, 0) is 18.4 Å². The molecule has 0 spiro atoms. The van der Waals surface area contributed by atoms with E-state index >= 15 is 0 Å². The van der Waals surface area contributed by atoms with Crippen LogP contribution in [0.25, 0.3) is 0 Å². The zero-order valence-corrected chi connectivity index (χ0v) is 11.0. The van der Waals surface area contributed by atoms with Gasteiger partial charge in [-0.15, -0.1) is 0 Å². The second-order valence-corrected chi connectivity index (χ2v) is 4.78. The van der Waals surface area contributed by atoms with Crippen LogP contribution in [0.15, 0.2) is 24.3 Å². The molecule has 1 nitrogen and oxygen atoms in total. The fourth-order valence-corrected chi connectivity index (χ4v) is 2.24. The smallest absolute Gasteiger partial charge is 0.127 e. The topological polar surface area (TPSA) is 26.0 Å². The van der Waals surface area contributed by atoms with Gasteiger partial charge in [0.05, 0.1) is 0 Å². The Kier molecular flexibility index (Phi) is 6.20. The van der Waals surface area contributed by atoms with E-state index < -0.39 is 0 Å². The lowest BCUT2D eigenvalue weighted by molar-refractivity contribution is 0.383. The highest BCUT2D eigenvalue weighted by atomic mass is 19.1. The lowest BCUT2D eigenvalue weighted by Crippen LogP contribution is -2.16. The Morgan fingerprint density at radius 2 is 1.94 bits per heavy atom. The van der Waals surface area contributed by atoms with Gasteiger partial charge in [0.25, 0.3) is 0 Å². The highest BCUT2D eigenvalue weighted by molar-refractivity contribution is 5.20. The second-order valence-electron chi connectivity index (χ2n) is 4.78. The van der Waals surface area contributed by atoms with Crippen molar-refractivity contribution in [1.82, 2.24) is 0 Å². The minimum Gasteiger partial charge on any atom is -0.324 e. The normalized spacial score (nSPS) is 14.6. The molecule has 0 aromatic heterocycles. The molecule has 0 bridgehead atoms. The molecule has 2 heteroatoms. The summed E-state index contributed by atoms with van der Waals surface area (Å²) in [5.41, 5.74) is 6.76. The van der Waals surface area contributed by atoms with Crippen molar-refractivity contribution in [1.29, 1.82) is 0 Å². The van der Waals surface area contributed by atoms with Crippen LogP contribution in [-0.2, 0) is 0 Å². The lowest BCUT2D eigenvalue weighted by Gasteiger charge is -2.20. The van der Waals surface area contributed by atoms with Crippen LogP contribution in [-0.4, -0.2) is 0 Å². The number of benzene rings is 1. The number of rotatable bonds is 7. The van der Waals surface area contributed by atoms with Gasteiger partial charge in [-0.3, -0.25) is 0 Å². The Labute approximate surface area is 104 Å². The van der Waals surface area contributed by atoms with Crippen molar-refractivity contribution in [2.75, 3.05) is 0 Å².